The van der Waals surface area contributed by atoms with Crippen molar-refractivity contribution in [3.63, 3.8) is 0 Å². The quantitative estimate of drug-likeness (QED) is 0.411. The van der Waals surface area contributed by atoms with Crippen LogP contribution in [0, 0.1) is 0 Å². The van der Waals surface area contributed by atoms with Gasteiger partial charge in [0.15, 0.2) is 0 Å². The Morgan fingerprint density at radius 1 is 0.793 bits per heavy atom. The maximum absolute atomic E-state index is 9.63. The molecule has 0 aliphatic heterocycles. The summed E-state index contributed by atoms with van der Waals surface area (Å²) in [5, 5.41) is 29.5. The molecule has 4 aromatic rings. The zero-order valence-electron chi connectivity index (χ0n) is 16.9. The van der Waals surface area contributed by atoms with E-state index >= 15 is 0 Å². The van der Waals surface area contributed by atoms with Gasteiger partial charge in [-0.1, -0.05) is 48.5 Å². The van der Waals surface area contributed by atoms with Gasteiger partial charge in [0.05, 0.1) is 25.4 Å². The molecule has 0 heterocycles. The van der Waals surface area contributed by atoms with E-state index in [2.05, 4.69) is 53.8 Å². The second-order valence-corrected chi connectivity index (χ2v) is 7.76. The third kappa shape index (κ3) is 3.55. The molecule has 150 valence electrons. The molecule has 4 rings (SSSR count). The van der Waals surface area contributed by atoms with Crippen LogP contribution in [-0.4, -0.2) is 35.6 Å². The molecule has 0 bridgehead atoms. The molecule has 0 atom stereocenters. The molecule has 0 aromatic heterocycles. The van der Waals surface area contributed by atoms with Gasteiger partial charge < -0.3 is 20.3 Å². The summed E-state index contributed by atoms with van der Waals surface area (Å²) < 4.78 is 5.96. The number of benzene rings is 4. The fraction of sp³-hybridized carbons (Fsp3) is 0.280. The Balaban J connectivity index is 1.98. The van der Waals surface area contributed by atoms with E-state index in [9.17, 15) is 10.2 Å². The van der Waals surface area contributed by atoms with Crippen molar-refractivity contribution in [1.82, 2.24) is 5.32 Å². The lowest BCUT2D eigenvalue weighted by atomic mass is 9.92. The van der Waals surface area contributed by atoms with E-state index in [4.69, 9.17) is 4.74 Å². The third-order valence-electron chi connectivity index (χ3n) is 5.63. The van der Waals surface area contributed by atoms with Gasteiger partial charge in [0, 0.05) is 11.9 Å². The number of aliphatic hydroxyl groups excluding tert-OH is 2. The number of hydrogen-bond acceptors (Lipinski definition) is 4. The zero-order chi connectivity index (χ0) is 20.4. The highest BCUT2D eigenvalue weighted by molar-refractivity contribution is 6.19. The van der Waals surface area contributed by atoms with Crippen LogP contribution in [0.5, 0.6) is 5.75 Å². The molecule has 29 heavy (non-hydrogen) atoms. The summed E-state index contributed by atoms with van der Waals surface area (Å²) in [4.78, 5) is 0. The molecule has 4 aromatic carbocycles. The van der Waals surface area contributed by atoms with Crippen molar-refractivity contribution in [3.8, 4) is 5.75 Å². The minimum Gasteiger partial charge on any atom is -0.493 e. The van der Waals surface area contributed by atoms with E-state index in [0.29, 0.717) is 13.2 Å². The number of hydrogen-bond donors (Lipinski definition) is 3. The first kappa shape index (κ1) is 19.6. The Labute approximate surface area is 170 Å². The van der Waals surface area contributed by atoms with E-state index in [0.717, 1.165) is 27.5 Å². The summed E-state index contributed by atoms with van der Waals surface area (Å²) in [5.74, 6) is 0.903. The predicted octanol–water partition coefficient (Wildman–Crippen LogP) is 4.38. The van der Waals surface area contributed by atoms with Gasteiger partial charge in [-0.2, -0.15) is 0 Å². The fourth-order valence-electron chi connectivity index (χ4n) is 3.88. The number of nitrogens with one attached hydrogen (secondary N) is 1. The van der Waals surface area contributed by atoms with Crippen LogP contribution in [0.25, 0.3) is 32.3 Å². The Bertz CT molecular complexity index is 1160. The van der Waals surface area contributed by atoms with Crippen LogP contribution in [0.15, 0.2) is 60.7 Å². The molecule has 4 nitrogen and oxygen atoms in total. The summed E-state index contributed by atoms with van der Waals surface area (Å²) in [6, 6.07) is 21.1. The fourth-order valence-corrected chi connectivity index (χ4v) is 3.88. The largest absolute Gasteiger partial charge is 0.493 e. The lowest BCUT2D eigenvalue weighted by Crippen LogP contribution is -2.48. The highest BCUT2D eigenvalue weighted by Gasteiger charge is 2.22. The van der Waals surface area contributed by atoms with Crippen molar-refractivity contribution >= 4 is 32.3 Å². The number of ether oxygens (including phenoxy) is 1. The maximum atomic E-state index is 9.63. The van der Waals surface area contributed by atoms with Crippen LogP contribution in [0.1, 0.15) is 19.4 Å². The average molecular weight is 389 g/mol. The van der Waals surface area contributed by atoms with Crippen LogP contribution < -0.4 is 10.1 Å². The minimum atomic E-state index is -0.725. The smallest absolute Gasteiger partial charge is 0.127 e. The van der Waals surface area contributed by atoms with Gasteiger partial charge in [-0.05, 0) is 58.5 Å². The maximum Gasteiger partial charge on any atom is 0.127 e. The Hall–Kier alpha value is -2.66. The van der Waals surface area contributed by atoms with Gasteiger partial charge in [-0.3, -0.25) is 0 Å². The van der Waals surface area contributed by atoms with Crippen molar-refractivity contribution in [3.05, 3.63) is 66.2 Å². The minimum absolute atomic E-state index is 0.129. The molecule has 3 N–H and O–H groups in total. The van der Waals surface area contributed by atoms with Crippen molar-refractivity contribution in [2.45, 2.75) is 25.9 Å². The Kier molecular flexibility index (Phi) is 5.41. The normalized spacial score (nSPS) is 12.1. The monoisotopic (exact) mass is 389 g/mol. The summed E-state index contributed by atoms with van der Waals surface area (Å²) in [6.45, 7) is 4.74. The first-order valence-corrected chi connectivity index (χ1v) is 10.1. The lowest BCUT2D eigenvalue weighted by molar-refractivity contribution is 0.103. The summed E-state index contributed by atoms with van der Waals surface area (Å²) >= 11 is 0. The number of fused-ring (bicyclic) bond motifs is 5. The van der Waals surface area contributed by atoms with Gasteiger partial charge in [-0.25, -0.2) is 0 Å². The van der Waals surface area contributed by atoms with Crippen molar-refractivity contribution in [2.75, 3.05) is 19.8 Å². The highest BCUT2D eigenvalue weighted by atomic mass is 16.5. The molecule has 0 radical (unpaired) electrons. The molecule has 4 heteroatoms. The van der Waals surface area contributed by atoms with E-state index < -0.39 is 5.54 Å². The molecular formula is C25H27NO3. The van der Waals surface area contributed by atoms with E-state index in [1.807, 2.05) is 26.0 Å². The number of aliphatic hydroxyl groups is 2. The van der Waals surface area contributed by atoms with E-state index in [-0.39, 0.29) is 13.2 Å². The Morgan fingerprint density at radius 2 is 1.34 bits per heavy atom. The third-order valence-corrected chi connectivity index (χ3v) is 5.63. The first-order valence-electron chi connectivity index (χ1n) is 10.1. The highest BCUT2D eigenvalue weighted by Crippen LogP contribution is 2.38. The molecule has 0 spiro atoms. The topological polar surface area (TPSA) is 61.7 Å². The van der Waals surface area contributed by atoms with Crippen LogP contribution in [0.2, 0.25) is 0 Å². The van der Waals surface area contributed by atoms with Gasteiger partial charge >= 0.3 is 0 Å². The summed E-state index contributed by atoms with van der Waals surface area (Å²) in [7, 11) is 0. The van der Waals surface area contributed by atoms with Crippen molar-refractivity contribution < 1.29 is 14.9 Å². The van der Waals surface area contributed by atoms with E-state index in [1.54, 1.807) is 0 Å². The van der Waals surface area contributed by atoms with Crippen LogP contribution in [-0.2, 0) is 6.54 Å². The standard InChI is InChI=1S/C25H27NO3/c1-3-29-24-13-23-19-9-5-4-8-18(19)17(14-26-25(2,15-27)16-28)12-22(23)20-10-6-7-11-21(20)24/h4-13,26-28H,3,14-16H2,1-2H3. The van der Waals surface area contributed by atoms with Gasteiger partial charge in [0.1, 0.15) is 5.75 Å². The number of rotatable bonds is 7. The molecule has 0 aliphatic rings. The van der Waals surface area contributed by atoms with Gasteiger partial charge in [-0.15, -0.1) is 0 Å². The van der Waals surface area contributed by atoms with Gasteiger partial charge in [0.25, 0.3) is 0 Å². The second kappa shape index (κ2) is 7.99. The summed E-state index contributed by atoms with van der Waals surface area (Å²) in [6.07, 6.45) is 0. The van der Waals surface area contributed by atoms with Crippen molar-refractivity contribution in [2.24, 2.45) is 0 Å². The predicted molar refractivity (Wildman–Crippen MR) is 120 cm³/mol. The van der Waals surface area contributed by atoms with Crippen LogP contribution >= 0.6 is 0 Å². The van der Waals surface area contributed by atoms with Crippen molar-refractivity contribution in [1.29, 1.82) is 0 Å². The lowest BCUT2D eigenvalue weighted by Gasteiger charge is -2.27. The molecule has 0 amide bonds. The van der Waals surface area contributed by atoms with Gasteiger partial charge in [0.2, 0.25) is 0 Å². The first-order chi connectivity index (χ1) is 14.1. The van der Waals surface area contributed by atoms with E-state index in [1.165, 1.54) is 16.2 Å². The second-order valence-electron chi connectivity index (χ2n) is 7.76. The molecule has 0 fully saturated rings. The van der Waals surface area contributed by atoms with Crippen LogP contribution in [0.4, 0.5) is 0 Å². The average Bonchev–Trinajstić information content (AvgIpc) is 2.78. The molecule has 0 unspecified atom stereocenters. The molecule has 0 saturated heterocycles. The Morgan fingerprint density at radius 3 is 1.97 bits per heavy atom. The molecule has 0 aliphatic carbocycles. The molecule has 0 saturated carbocycles. The molecular weight excluding hydrogens is 362 g/mol. The zero-order valence-corrected chi connectivity index (χ0v) is 16.9. The summed E-state index contributed by atoms with van der Waals surface area (Å²) in [5.41, 5.74) is 0.410. The van der Waals surface area contributed by atoms with Crippen LogP contribution in [0.3, 0.4) is 0 Å². The SMILES string of the molecule is CCOc1cc2c3ccccc3c(CNC(C)(CO)CO)cc2c2ccccc12.